The van der Waals surface area contributed by atoms with Crippen molar-refractivity contribution in [3.05, 3.63) is 36.3 Å². The number of nitrogens with zero attached hydrogens (tertiary/aromatic N) is 2. The Hall–Kier alpha value is -1.39. The topological polar surface area (TPSA) is 49.6 Å². The van der Waals surface area contributed by atoms with E-state index >= 15 is 0 Å². The Morgan fingerprint density at radius 1 is 1.50 bits per heavy atom. The molecule has 2 heterocycles. The Balaban J connectivity index is 1.94. The van der Waals surface area contributed by atoms with E-state index in [2.05, 4.69) is 14.7 Å². The number of aliphatic hydroxyl groups excluding tert-OH is 1. The van der Waals surface area contributed by atoms with Gasteiger partial charge in [-0.3, -0.25) is 0 Å². The summed E-state index contributed by atoms with van der Waals surface area (Å²) in [6.07, 6.45) is 4.42. The van der Waals surface area contributed by atoms with Crippen LogP contribution in [0.2, 0.25) is 0 Å². The van der Waals surface area contributed by atoms with Gasteiger partial charge in [0.2, 0.25) is 0 Å². The lowest BCUT2D eigenvalue weighted by molar-refractivity contribution is 0.183. The standard InChI is InChI=1S/C12H17N3O/c1-10(16)5-6-13-8-11-9-14-12-4-2-3-7-15(11)12/h2-4,7,9-10,13,16H,5-6,8H2,1H3. The summed E-state index contributed by atoms with van der Waals surface area (Å²) in [6.45, 7) is 3.39. The molecule has 0 saturated carbocycles. The number of aromatic nitrogens is 2. The highest BCUT2D eigenvalue weighted by Crippen LogP contribution is 2.05. The molecule has 0 aliphatic rings. The van der Waals surface area contributed by atoms with Gasteiger partial charge in [0.15, 0.2) is 0 Å². The van der Waals surface area contributed by atoms with Crippen LogP contribution in [0.5, 0.6) is 0 Å². The summed E-state index contributed by atoms with van der Waals surface area (Å²) in [5.74, 6) is 0. The predicted octanol–water partition coefficient (Wildman–Crippen LogP) is 1.19. The fraction of sp³-hybridized carbons (Fsp3) is 0.417. The number of aliphatic hydroxyl groups is 1. The Morgan fingerprint density at radius 2 is 2.38 bits per heavy atom. The molecule has 0 bridgehead atoms. The molecule has 0 saturated heterocycles. The summed E-state index contributed by atoms with van der Waals surface area (Å²) < 4.78 is 2.06. The highest BCUT2D eigenvalue weighted by molar-refractivity contribution is 5.39. The van der Waals surface area contributed by atoms with Crippen LogP contribution >= 0.6 is 0 Å². The molecular formula is C12H17N3O. The van der Waals surface area contributed by atoms with E-state index in [9.17, 15) is 0 Å². The van der Waals surface area contributed by atoms with E-state index in [0.717, 1.165) is 30.9 Å². The second-order valence-electron chi connectivity index (χ2n) is 3.99. The van der Waals surface area contributed by atoms with Gasteiger partial charge in [-0.25, -0.2) is 4.98 Å². The minimum Gasteiger partial charge on any atom is -0.393 e. The number of hydrogen-bond donors (Lipinski definition) is 2. The average molecular weight is 219 g/mol. The molecule has 0 aromatic carbocycles. The van der Waals surface area contributed by atoms with Crippen LogP contribution in [0.1, 0.15) is 19.0 Å². The van der Waals surface area contributed by atoms with Gasteiger partial charge in [0.05, 0.1) is 18.0 Å². The van der Waals surface area contributed by atoms with E-state index in [-0.39, 0.29) is 6.10 Å². The molecule has 2 aromatic heterocycles. The lowest BCUT2D eigenvalue weighted by atomic mass is 10.3. The molecule has 0 aliphatic carbocycles. The van der Waals surface area contributed by atoms with Crippen LogP contribution in [0, 0.1) is 0 Å². The third-order valence-corrected chi connectivity index (χ3v) is 2.54. The van der Waals surface area contributed by atoms with E-state index in [1.165, 1.54) is 0 Å². The van der Waals surface area contributed by atoms with Crippen LogP contribution in [0.25, 0.3) is 5.65 Å². The molecule has 1 atom stereocenters. The second kappa shape index (κ2) is 5.09. The summed E-state index contributed by atoms with van der Waals surface area (Å²) >= 11 is 0. The van der Waals surface area contributed by atoms with Gasteiger partial charge in [0.25, 0.3) is 0 Å². The number of rotatable bonds is 5. The molecule has 1 unspecified atom stereocenters. The molecule has 0 radical (unpaired) electrons. The predicted molar refractivity (Wildman–Crippen MR) is 63.2 cm³/mol. The van der Waals surface area contributed by atoms with Gasteiger partial charge < -0.3 is 14.8 Å². The number of imidazole rings is 1. The van der Waals surface area contributed by atoms with Crippen molar-refractivity contribution in [2.75, 3.05) is 6.54 Å². The van der Waals surface area contributed by atoms with Crippen molar-refractivity contribution >= 4 is 5.65 Å². The molecule has 16 heavy (non-hydrogen) atoms. The molecule has 0 spiro atoms. The van der Waals surface area contributed by atoms with Gasteiger partial charge in [-0.2, -0.15) is 0 Å². The van der Waals surface area contributed by atoms with Crippen LogP contribution in [-0.4, -0.2) is 27.1 Å². The van der Waals surface area contributed by atoms with Crippen LogP contribution in [0.4, 0.5) is 0 Å². The molecule has 0 fully saturated rings. The van der Waals surface area contributed by atoms with E-state index in [4.69, 9.17) is 5.11 Å². The molecule has 0 aliphatic heterocycles. The molecule has 4 nitrogen and oxygen atoms in total. The van der Waals surface area contributed by atoms with Crippen LogP contribution < -0.4 is 5.32 Å². The quantitative estimate of drug-likeness (QED) is 0.743. The van der Waals surface area contributed by atoms with Crippen LogP contribution in [0.3, 0.4) is 0 Å². The summed E-state index contributed by atoms with van der Waals surface area (Å²) in [5.41, 5.74) is 2.11. The van der Waals surface area contributed by atoms with Crippen molar-refractivity contribution in [1.82, 2.24) is 14.7 Å². The first-order valence-electron chi connectivity index (χ1n) is 5.57. The van der Waals surface area contributed by atoms with E-state index in [1.807, 2.05) is 30.6 Å². The Kier molecular flexibility index (Phi) is 3.54. The molecule has 2 aromatic rings. The van der Waals surface area contributed by atoms with Crippen molar-refractivity contribution in [2.24, 2.45) is 0 Å². The van der Waals surface area contributed by atoms with Gasteiger partial charge in [-0.15, -0.1) is 0 Å². The monoisotopic (exact) mass is 219 g/mol. The highest BCUT2D eigenvalue weighted by Gasteiger charge is 2.01. The van der Waals surface area contributed by atoms with Gasteiger partial charge in [0.1, 0.15) is 5.65 Å². The number of nitrogens with one attached hydrogen (secondary N) is 1. The van der Waals surface area contributed by atoms with E-state index < -0.39 is 0 Å². The fourth-order valence-corrected chi connectivity index (χ4v) is 1.64. The van der Waals surface area contributed by atoms with Gasteiger partial charge in [0, 0.05) is 12.7 Å². The normalized spacial score (nSPS) is 13.1. The maximum atomic E-state index is 9.12. The fourth-order valence-electron chi connectivity index (χ4n) is 1.64. The number of hydrogen-bond acceptors (Lipinski definition) is 3. The van der Waals surface area contributed by atoms with Crippen molar-refractivity contribution in [3.8, 4) is 0 Å². The maximum Gasteiger partial charge on any atom is 0.136 e. The summed E-state index contributed by atoms with van der Waals surface area (Å²) in [6, 6.07) is 5.96. The minimum absolute atomic E-state index is 0.241. The molecule has 2 rings (SSSR count). The molecule has 86 valence electrons. The molecule has 2 N–H and O–H groups in total. The van der Waals surface area contributed by atoms with Crippen LogP contribution in [0.15, 0.2) is 30.6 Å². The molecular weight excluding hydrogens is 202 g/mol. The zero-order valence-corrected chi connectivity index (χ0v) is 9.43. The van der Waals surface area contributed by atoms with Crippen molar-refractivity contribution in [2.45, 2.75) is 26.0 Å². The van der Waals surface area contributed by atoms with Crippen molar-refractivity contribution in [3.63, 3.8) is 0 Å². The summed E-state index contributed by atoms with van der Waals surface area (Å²) in [4.78, 5) is 4.31. The largest absolute Gasteiger partial charge is 0.393 e. The number of pyridine rings is 1. The number of fused-ring (bicyclic) bond motifs is 1. The van der Waals surface area contributed by atoms with Crippen molar-refractivity contribution < 1.29 is 5.11 Å². The average Bonchev–Trinajstić information content (AvgIpc) is 2.68. The second-order valence-corrected chi connectivity index (χ2v) is 3.99. The minimum atomic E-state index is -0.241. The zero-order valence-electron chi connectivity index (χ0n) is 9.43. The van der Waals surface area contributed by atoms with Crippen molar-refractivity contribution in [1.29, 1.82) is 0 Å². The Bertz CT molecular complexity index is 450. The van der Waals surface area contributed by atoms with E-state index in [1.54, 1.807) is 6.92 Å². The highest BCUT2D eigenvalue weighted by atomic mass is 16.3. The van der Waals surface area contributed by atoms with E-state index in [0.29, 0.717) is 0 Å². The summed E-state index contributed by atoms with van der Waals surface area (Å²) in [5, 5.41) is 12.4. The SMILES string of the molecule is CC(O)CCNCc1cnc2ccccn12. The lowest BCUT2D eigenvalue weighted by Crippen LogP contribution is -2.19. The third-order valence-electron chi connectivity index (χ3n) is 2.54. The maximum absolute atomic E-state index is 9.12. The van der Waals surface area contributed by atoms with Gasteiger partial charge in [-0.05, 0) is 32.0 Å². The Morgan fingerprint density at radius 3 is 3.19 bits per heavy atom. The summed E-state index contributed by atoms with van der Waals surface area (Å²) in [7, 11) is 0. The molecule has 4 heteroatoms. The van der Waals surface area contributed by atoms with Crippen LogP contribution in [-0.2, 0) is 6.54 Å². The van der Waals surface area contributed by atoms with Gasteiger partial charge in [-0.1, -0.05) is 6.07 Å². The molecule has 0 amide bonds. The smallest absolute Gasteiger partial charge is 0.136 e. The first-order valence-corrected chi connectivity index (χ1v) is 5.57. The third kappa shape index (κ3) is 2.59. The zero-order chi connectivity index (χ0) is 11.4. The first kappa shape index (κ1) is 11.1. The van der Waals surface area contributed by atoms with Gasteiger partial charge >= 0.3 is 0 Å². The first-order chi connectivity index (χ1) is 7.77. The Labute approximate surface area is 94.9 Å². The lowest BCUT2D eigenvalue weighted by Gasteiger charge is -2.06.